The normalized spacial score (nSPS) is 10.9. The van der Waals surface area contributed by atoms with Gasteiger partial charge in [0.15, 0.2) is 0 Å². The highest BCUT2D eigenvalue weighted by atomic mass is 16.5. The van der Waals surface area contributed by atoms with Gasteiger partial charge in [-0.1, -0.05) is 29.8 Å². The molecule has 0 saturated heterocycles. The Morgan fingerprint density at radius 2 is 1.56 bits per heavy atom. The van der Waals surface area contributed by atoms with E-state index in [1.165, 1.54) is 33.8 Å². The summed E-state index contributed by atoms with van der Waals surface area (Å²) in [7, 11) is 1.69. The second kappa shape index (κ2) is 7.58. The fourth-order valence-corrected chi connectivity index (χ4v) is 3.18. The Bertz CT molecular complexity index is 830. The van der Waals surface area contributed by atoms with Gasteiger partial charge in [0.05, 0.1) is 7.11 Å². The van der Waals surface area contributed by atoms with Gasteiger partial charge in [0.2, 0.25) is 0 Å². The Balaban J connectivity index is 1.69. The van der Waals surface area contributed by atoms with Crippen LogP contribution in [0.4, 0.5) is 0 Å². The van der Waals surface area contributed by atoms with Gasteiger partial charge in [-0.05, 0) is 62.2 Å². The monoisotopic (exact) mass is 334 g/mol. The van der Waals surface area contributed by atoms with Gasteiger partial charge < -0.3 is 14.6 Å². The lowest BCUT2D eigenvalue weighted by Gasteiger charge is -2.11. The Morgan fingerprint density at radius 1 is 0.880 bits per heavy atom. The molecule has 2 aromatic carbocycles. The molecule has 3 nitrogen and oxygen atoms in total. The van der Waals surface area contributed by atoms with E-state index < -0.39 is 0 Å². The van der Waals surface area contributed by atoms with E-state index in [2.05, 4.69) is 73.1 Å². The third-order valence-corrected chi connectivity index (χ3v) is 4.63. The quantitative estimate of drug-likeness (QED) is 0.707. The van der Waals surface area contributed by atoms with Gasteiger partial charge in [0.1, 0.15) is 5.75 Å². The number of nitrogens with zero attached hydrogens (tertiary/aromatic N) is 1. The number of rotatable bonds is 6. The van der Waals surface area contributed by atoms with E-state index in [0.717, 1.165) is 18.8 Å². The fraction of sp³-hybridized carbons (Fsp3) is 0.273. The van der Waals surface area contributed by atoms with Crippen LogP contribution in [0.1, 0.15) is 28.1 Å². The van der Waals surface area contributed by atoms with Crippen molar-refractivity contribution in [3.05, 3.63) is 82.7 Å². The van der Waals surface area contributed by atoms with Crippen molar-refractivity contribution in [3.63, 3.8) is 0 Å². The van der Waals surface area contributed by atoms with E-state index in [9.17, 15) is 0 Å². The molecule has 0 atom stereocenters. The van der Waals surface area contributed by atoms with Crippen LogP contribution in [-0.4, -0.2) is 11.7 Å². The van der Waals surface area contributed by atoms with Crippen molar-refractivity contribution in [1.82, 2.24) is 9.88 Å². The zero-order valence-electron chi connectivity index (χ0n) is 15.5. The van der Waals surface area contributed by atoms with Gasteiger partial charge in [-0.3, -0.25) is 0 Å². The van der Waals surface area contributed by atoms with Crippen LogP contribution in [0, 0.1) is 20.8 Å². The highest BCUT2D eigenvalue weighted by Gasteiger charge is 2.10. The van der Waals surface area contributed by atoms with Crippen molar-refractivity contribution >= 4 is 0 Å². The average Bonchev–Trinajstić information content (AvgIpc) is 2.90. The summed E-state index contributed by atoms with van der Waals surface area (Å²) in [6.45, 7) is 8.18. The largest absolute Gasteiger partial charge is 0.497 e. The molecule has 1 N–H and O–H groups in total. The van der Waals surface area contributed by atoms with Crippen LogP contribution in [0.25, 0.3) is 5.69 Å². The van der Waals surface area contributed by atoms with Crippen LogP contribution in [0.5, 0.6) is 5.75 Å². The van der Waals surface area contributed by atoms with Crippen molar-refractivity contribution in [2.24, 2.45) is 0 Å². The molecule has 3 heteroatoms. The average molecular weight is 334 g/mol. The zero-order chi connectivity index (χ0) is 17.8. The predicted octanol–water partition coefficient (Wildman–Crippen LogP) is 4.70. The second-order valence-electron chi connectivity index (χ2n) is 6.52. The third-order valence-electron chi connectivity index (χ3n) is 4.63. The molecule has 3 rings (SSSR count). The van der Waals surface area contributed by atoms with Crippen molar-refractivity contribution in [2.45, 2.75) is 33.9 Å². The van der Waals surface area contributed by atoms with Crippen LogP contribution in [0.15, 0.2) is 54.6 Å². The van der Waals surface area contributed by atoms with Crippen LogP contribution in [0.2, 0.25) is 0 Å². The molecule has 0 aliphatic heterocycles. The first-order valence-corrected chi connectivity index (χ1v) is 8.67. The number of nitrogens with one attached hydrogen (secondary N) is 1. The van der Waals surface area contributed by atoms with Crippen LogP contribution >= 0.6 is 0 Å². The fourth-order valence-electron chi connectivity index (χ4n) is 3.18. The summed E-state index contributed by atoms with van der Waals surface area (Å²) in [6.07, 6.45) is 0. The maximum atomic E-state index is 5.20. The van der Waals surface area contributed by atoms with Crippen molar-refractivity contribution in [3.8, 4) is 11.4 Å². The van der Waals surface area contributed by atoms with Gasteiger partial charge in [-0.2, -0.15) is 0 Å². The first-order valence-electron chi connectivity index (χ1n) is 8.67. The molecule has 3 aromatic rings. The summed E-state index contributed by atoms with van der Waals surface area (Å²) < 4.78 is 7.52. The van der Waals surface area contributed by atoms with Gasteiger partial charge >= 0.3 is 0 Å². The Labute approximate surface area is 150 Å². The van der Waals surface area contributed by atoms with Crippen LogP contribution in [-0.2, 0) is 13.1 Å². The molecule has 0 amide bonds. The summed E-state index contributed by atoms with van der Waals surface area (Å²) in [6, 6.07) is 19.2. The van der Waals surface area contributed by atoms with E-state index in [1.807, 2.05) is 12.1 Å². The van der Waals surface area contributed by atoms with E-state index in [-0.39, 0.29) is 0 Å². The van der Waals surface area contributed by atoms with Gasteiger partial charge in [0, 0.05) is 30.2 Å². The van der Waals surface area contributed by atoms with Crippen molar-refractivity contribution in [2.75, 3.05) is 7.11 Å². The predicted molar refractivity (Wildman–Crippen MR) is 104 cm³/mol. The number of hydrogen-bond acceptors (Lipinski definition) is 2. The number of aromatic nitrogens is 1. The summed E-state index contributed by atoms with van der Waals surface area (Å²) in [4.78, 5) is 0. The Hall–Kier alpha value is -2.52. The maximum Gasteiger partial charge on any atom is 0.118 e. The van der Waals surface area contributed by atoms with Crippen LogP contribution in [0.3, 0.4) is 0 Å². The van der Waals surface area contributed by atoms with Gasteiger partial charge in [0.25, 0.3) is 0 Å². The summed E-state index contributed by atoms with van der Waals surface area (Å²) >= 11 is 0. The number of methoxy groups -OCH3 is 1. The molecule has 0 aliphatic rings. The lowest BCUT2D eigenvalue weighted by atomic mass is 10.2. The van der Waals surface area contributed by atoms with E-state index in [4.69, 9.17) is 4.74 Å². The molecular formula is C22H26N2O. The van der Waals surface area contributed by atoms with Crippen molar-refractivity contribution < 1.29 is 4.74 Å². The second-order valence-corrected chi connectivity index (χ2v) is 6.52. The molecular weight excluding hydrogens is 308 g/mol. The van der Waals surface area contributed by atoms with E-state index >= 15 is 0 Å². The maximum absolute atomic E-state index is 5.20. The molecule has 0 radical (unpaired) electrons. The number of benzene rings is 2. The van der Waals surface area contributed by atoms with E-state index in [1.54, 1.807) is 7.11 Å². The molecule has 0 spiro atoms. The molecule has 25 heavy (non-hydrogen) atoms. The summed E-state index contributed by atoms with van der Waals surface area (Å²) in [5.74, 6) is 0.894. The minimum absolute atomic E-state index is 0.845. The molecule has 1 heterocycles. The summed E-state index contributed by atoms with van der Waals surface area (Å²) in [5, 5.41) is 3.54. The Kier molecular flexibility index (Phi) is 5.25. The van der Waals surface area contributed by atoms with Crippen LogP contribution < -0.4 is 10.1 Å². The molecule has 0 saturated carbocycles. The first kappa shape index (κ1) is 17.3. The van der Waals surface area contributed by atoms with Crippen molar-refractivity contribution in [1.29, 1.82) is 0 Å². The zero-order valence-corrected chi connectivity index (χ0v) is 15.5. The molecule has 0 aliphatic carbocycles. The number of hydrogen-bond donors (Lipinski definition) is 1. The summed E-state index contributed by atoms with van der Waals surface area (Å²) in [5.41, 5.74) is 7.67. The molecule has 0 bridgehead atoms. The minimum Gasteiger partial charge on any atom is -0.497 e. The number of ether oxygens (including phenoxy) is 1. The number of aryl methyl sites for hydroxylation is 2. The smallest absolute Gasteiger partial charge is 0.118 e. The Morgan fingerprint density at radius 3 is 2.20 bits per heavy atom. The molecule has 0 fully saturated rings. The highest BCUT2D eigenvalue weighted by molar-refractivity contribution is 5.42. The topological polar surface area (TPSA) is 26.2 Å². The lowest BCUT2D eigenvalue weighted by molar-refractivity contribution is 0.414. The van der Waals surface area contributed by atoms with E-state index in [0.29, 0.717) is 0 Å². The highest BCUT2D eigenvalue weighted by Crippen LogP contribution is 2.21. The molecule has 0 unspecified atom stereocenters. The van der Waals surface area contributed by atoms with Gasteiger partial charge in [-0.15, -0.1) is 0 Å². The standard InChI is InChI=1S/C22H26N2O/c1-16-5-9-21(10-6-16)24-17(2)13-20(18(24)3)15-23-14-19-7-11-22(25-4)12-8-19/h5-13,23H,14-15H2,1-4H3. The van der Waals surface area contributed by atoms with Gasteiger partial charge in [-0.25, -0.2) is 0 Å². The third kappa shape index (κ3) is 3.94. The molecule has 1 aromatic heterocycles. The first-order chi connectivity index (χ1) is 12.1. The minimum atomic E-state index is 0.845. The lowest BCUT2D eigenvalue weighted by Crippen LogP contribution is -2.13. The SMILES string of the molecule is COc1ccc(CNCc2cc(C)n(-c3ccc(C)cc3)c2C)cc1. The molecule has 130 valence electrons.